The largest absolute Gasteiger partial charge is 0.494 e. The average Bonchev–Trinajstić information content (AvgIpc) is 3.21. The third-order valence-corrected chi connectivity index (χ3v) is 3.95. The Balaban J connectivity index is 1.69. The Bertz CT molecular complexity index is 390. The minimum atomic E-state index is 0.736. The van der Waals surface area contributed by atoms with Gasteiger partial charge in [-0.1, -0.05) is 22.4 Å². The lowest BCUT2D eigenvalue weighted by atomic mass is 10.1. The van der Waals surface area contributed by atoms with Crippen LogP contribution >= 0.6 is 15.9 Å². The van der Waals surface area contributed by atoms with Crippen LogP contribution in [-0.4, -0.2) is 19.2 Å². The molecule has 106 valence electrons. The maximum Gasteiger partial charge on any atom is 0.122 e. The van der Waals surface area contributed by atoms with Crippen LogP contribution in [-0.2, 0) is 6.42 Å². The summed E-state index contributed by atoms with van der Waals surface area (Å²) >= 11 is 3.54. The topological polar surface area (TPSA) is 21.3 Å². The average molecular weight is 326 g/mol. The van der Waals surface area contributed by atoms with Crippen LogP contribution in [0.1, 0.15) is 44.6 Å². The van der Waals surface area contributed by atoms with Crippen LogP contribution in [0.3, 0.4) is 0 Å². The van der Waals surface area contributed by atoms with Crippen molar-refractivity contribution in [1.29, 1.82) is 0 Å². The Morgan fingerprint density at radius 1 is 1.26 bits per heavy atom. The van der Waals surface area contributed by atoms with Crippen molar-refractivity contribution in [1.82, 2.24) is 5.32 Å². The van der Waals surface area contributed by atoms with Crippen LogP contribution in [0.5, 0.6) is 5.75 Å². The van der Waals surface area contributed by atoms with Crippen LogP contribution in [0.2, 0.25) is 0 Å². The lowest BCUT2D eigenvalue weighted by molar-refractivity contribution is 0.336. The molecule has 1 fully saturated rings. The molecule has 19 heavy (non-hydrogen) atoms. The minimum absolute atomic E-state index is 0.736. The van der Waals surface area contributed by atoms with Gasteiger partial charge in [-0.2, -0.15) is 0 Å². The van der Waals surface area contributed by atoms with E-state index in [2.05, 4.69) is 33.4 Å². The number of aryl methyl sites for hydroxylation is 1. The molecule has 3 heteroatoms. The Morgan fingerprint density at radius 2 is 2.11 bits per heavy atom. The highest BCUT2D eigenvalue weighted by atomic mass is 79.9. The van der Waals surface area contributed by atoms with E-state index in [0.29, 0.717) is 0 Å². The van der Waals surface area contributed by atoms with Crippen LogP contribution in [0.25, 0.3) is 0 Å². The van der Waals surface area contributed by atoms with Gasteiger partial charge in [0, 0.05) is 10.5 Å². The van der Waals surface area contributed by atoms with Crippen molar-refractivity contribution in [3.63, 3.8) is 0 Å². The summed E-state index contributed by atoms with van der Waals surface area (Å²) in [5, 5.41) is 3.56. The molecule has 0 aliphatic heterocycles. The molecule has 2 rings (SSSR count). The SMILES string of the molecule is CCOc1ccc(Br)cc1CCCCCNC1CC1. The third-order valence-electron chi connectivity index (χ3n) is 3.46. The first-order valence-corrected chi connectivity index (χ1v) is 8.23. The highest BCUT2D eigenvalue weighted by Gasteiger charge is 2.19. The van der Waals surface area contributed by atoms with Gasteiger partial charge < -0.3 is 10.1 Å². The number of benzene rings is 1. The first-order chi connectivity index (χ1) is 9.29. The van der Waals surface area contributed by atoms with Gasteiger partial charge in [0.1, 0.15) is 5.75 Å². The summed E-state index contributed by atoms with van der Waals surface area (Å²) in [7, 11) is 0. The van der Waals surface area contributed by atoms with Crippen LogP contribution in [0.4, 0.5) is 0 Å². The number of halogens is 1. The second-order valence-corrected chi connectivity index (χ2v) is 6.14. The smallest absolute Gasteiger partial charge is 0.122 e. The summed E-state index contributed by atoms with van der Waals surface area (Å²) in [6, 6.07) is 7.15. The van der Waals surface area contributed by atoms with Crippen LogP contribution in [0.15, 0.2) is 22.7 Å². The van der Waals surface area contributed by atoms with E-state index in [9.17, 15) is 0 Å². The van der Waals surface area contributed by atoms with Crippen molar-refractivity contribution in [2.75, 3.05) is 13.2 Å². The normalized spacial score (nSPS) is 14.6. The summed E-state index contributed by atoms with van der Waals surface area (Å²) in [6.07, 6.45) is 7.69. The van der Waals surface area contributed by atoms with E-state index < -0.39 is 0 Å². The van der Waals surface area contributed by atoms with Gasteiger partial charge in [-0.15, -0.1) is 0 Å². The van der Waals surface area contributed by atoms with Crippen LogP contribution < -0.4 is 10.1 Å². The van der Waals surface area contributed by atoms with E-state index in [0.717, 1.165) is 29.3 Å². The van der Waals surface area contributed by atoms with E-state index in [-0.39, 0.29) is 0 Å². The maximum atomic E-state index is 5.68. The first-order valence-electron chi connectivity index (χ1n) is 7.44. The number of hydrogen-bond donors (Lipinski definition) is 1. The van der Waals surface area contributed by atoms with Gasteiger partial charge in [0.05, 0.1) is 6.61 Å². The molecule has 0 bridgehead atoms. The fraction of sp³-hybridized carbons (Fsp3) is 0.625. The molecule has 1 aliphatic rings. The van der Waals surface area contributed by atoms with Crippen molar-refractivity contribution < 1.29 is 4.74 Å². The molecule has 1 aliphatic carbocycles. The van der Waals surface area contributed by atoms with Crippen molar-refractivity contribution in [2.45, 2.75) is 51.5 Å². The molecule has 1 aromatic carbocycles. The van der Waals surface area contributed by atoms with Gasteiger partial charge in [-0.3, -0.25) is 0 Å². The molecule has 0 radical (unpaired) electrons. The Hall–Kier alpha value is -0.540. The monoisotopic (exact) mass is 325 g/mol. The highest BCUT2D eigenvalue weighted by molar-refractivity contribution is 9.10. The second kappa shape index (κ2) is 7.91. The maximum absolute atomic E-state index is 5.68. The molecule has 0 saturated heterocycles. The predicted octanol–water partition coefficient (Wildman–Crippen LogP) is 4.31. The minimum Gasteiger partial charge on any atom is -0.494 e. The van der Waals surface area contributed by atoms with E-state index in [4.69, 9.17) is 4.74 Å². The van der Waals surface area contributed by atoms with Gasteiger partial charge in [-0.25, -0.2) is 0 Å². The fourth-order valence-electron chi connectivity index (χ4n) is 2.25. The first kappa shape index (κ1) is 14.9. The van der Waals surface area contributed by atoms with Gasteiger partial charge >= 0.3 is 0 Å². The molecule has 0 aromatic heterocycles. The molecule has 0 unspecified atom stereocenters. The van der Waals surface area contributed by atoms with Crippen LogP contribution in [0, 0.1) is 0 Å². The molecule has 0 heterocycles. The summed E-state index contributed by atoms with van der Waals surface area (Å²) in [5.41, 5.74) is 1.33. The highest BCUT2D eigenvalue weighted by Crippen LogP contribution is 2.25. The van der Waals surface area contributed by atoms with Gasteiger partial charge in [-0.05, 0) is 69.3 Å². The number of rotatable bonds is 9. The standard InChI is InChI=1S/C16H24BrNO/c1-2-19-16-10-7-14(17)12-13(16)6-4-3-5-11-18-15-8-9-15/h7,10,12,15,18H,2-6,8-9,11H2,1H3. The second-order valence-electron chi connectivity index (χ2n) is 5.22. The quantitative estimate of drug-likeness (QED) is 0.683. The Morgan fingerprint density at radius 3 is 2.84 bits per heavy atom. The molecule has 2 nitrogen and oxygen atoms in total. The van der Waals surface area contributed by atoms with Gasteiger partial charge in [0.25, 0.3) is 0 Å². The van der Waals surface area contributed by atoms with Crippen molar-refractivity contribution in [3.8, 4) is 5.75 Å². The molecule has 0 atom stereocenters. The predicted molar refractivity (Wildman–Crippen MR) is 83.9 cm³/mol. The summed E-state index contributed by atoms with van der Waals surface area (Å²) in [5.74, 6) is 1.04. The number of hydrogen-bond acceptors (Lipinski definition) is 2. The number of ether oxygens (including phenoxy) is 1. The third kappa shape index (κ3) is 5.53. The van der Waals surface area contributed by atoms with Crippen molar-refractivity contribution in [2.24, 2.45) is 0 Å². The molecular weight excluding hydrogens is 302 g/mol. The lowest BCUT2D eigenvalue weighted by Crippen LogP contribution is -2.17. The molecule has 1 aromatic rings. The molecule has 1 saturated carbocycles. The van der Waals surface area contributed by atoms with Crippen molar-refractivity contribution >= 4 is 15.9 Å². The Kier molecular flexibility index (Phi) is 6.18. The summed E-state index contributed by atoms with van der Waals surface area (Å²) in [6.45, 7) is 3.96. The molecular formula is C16H24BrNO. The summed E-state index contributed by atoms with van der Waals surface area (Å²) < 4.78 is 6.82. The fourth-order valence-corrected chi connectivity index (χ4v) is 2.66. The zero-order valence-electron chi connectivity index (χ0n) is 11.8. The van der Waals surface area contributed by atoms with Gasteiger partial charge in [0.2, 0.25) is 0 Å². The number of unbranched alkanes of at least 4 members (excludes halogenated alkanes) is 2. The molecule has 1 N–H and O–H groups in total. The molecule has 0 amide bonds. The Labute approximate surface area is 125 Å². The van der Waals surface area contributed by atoms with Crippen molar-refractivity contribution in [3.05, 3.63) is 28.2 Å². The van der Waals surface area contributed by atoms with E-state index in [1.54, 1.807) is 0 Å². The zero-order chi connectivity index (χ0) is 13.5. The van der Waals surface area contributed by atoms with E-state index in [1.165, 1.54) is 44.2 Å². The van der Waals surface area contributed by atoms with Gasteiger partial charge in [0.15, 0.2) is 0 Å². The summed E-state index contributed by atoms with van der Waals surface area (Å²) in [4.78, 5) is 0. The van der Waals surface area contributed by atoms with E-state index >= 15 is 0 Å². The van der Waals surface area contributed by atoms with E-state index in [1.807, 2.05) is 13.0 Å². The lowest BCUT2D eigenvalue weighted by Gasteiger charge is -2.10. The number of nitrogens with one attached hydrogen (secondary N) is 1. The molecule has 0 spiro atoms. The zero-order valence-corrected chi connectivity index (χ0v) is 13.3.